The van der Waals surface area contributed by atoms with Gasteiger partial charge in [-0.1, -0.05) is 74.5 Å². The predicted octanol–water partition coefficient (Wildman–Crippen LogP) is 6.62. The number of rotatable bonds is 19. The average Bonchev–Trinajstić information content (AvgIpc) is 3.90. The number of thiazole rings is 2. The normalized spacial score (nSPS) is 14.5. The molecule has 4 amide bonds. The number of urea groups is 1. The van der Waals surface area contributed by atoms with Crippen LogP contribution < -0.4 is 10.6 Å². The van der Waals surface area contributed by atoms with Crippen LogP contribution in [-0.2, 0) is 45.1 Å². The zero-order valence-corrected chi connectivity index (χ0v) is 33.5. The number of ether oxygens (including phenoxy) is 2. The summed E-state index contributed by atoms with van der Waals surface area (Å²) in [6.45, 7) is 6.30. The van der Waals surface area contributed by atoms with Crippen molar-refractivity contribution in [1.29, 1.82) is 0 Å². The molecule has 3 atom stereocenters. The first-order chi connectivity index (χ1) is 26.6. The Morgan fingerprint density at radius 1 is 0.909 bits per heavy atom. The summed E-state index contributed by atoms with van der Waals surface area (Å²) in [4.78, 5) is 67.2. The van der Waals surface area contributed by atoms with Gasteiger partial charge in [-0.2, -0.15) is 0 Å². The third-order valence-electron chi connectivity index (χ3n) is 9.49. The summed E-state index contributed by atoms with van der Waals surface area (Å²) < 4.78 is 11.0. The van der Waals surface area contributed by atoms with Gasteiger partial charge >= 0.3 is 12.1 Å². The van der Waals surface area contributed by atoms with Crippen LogP contribution in [0.4, 0.5) is 9.59 Å². The van der Waals surface area contributed by atoms with E-state index in [9.17, 15) is 19.2 Å². The number of carbonyl (C=O) groups excluding carboxylic acids is 4. The lowest BCUT2D eigenvalue weighted by atomic mass is 9.86. The van der Waals surface area contributed by atoms with Gasteiger partial charge in [-0.3, -0.25) is 14.6 Å². The number of nitrogens with one attached hydrogen (secondary N) is 2. The lowest BCUT2D eigenvalue weighted by Crippen LogP contribution is -2.50. The van der Waals surface area contributed by atoms with Crippen molar-refractivity contribution >= 4 is 46.5 Å². The van der Waals surface area contributed by atoms with Crippen LogP contribution in [0.3, 0.4) is 0 Å². The molecule has 0 radical (unpaired) electrons. The molecule has 1 fully saturated rings. The molecule has 0 saturated carbocycles. The minimum absolute atomic E-state index is 0.133. The number of amides is 4. The fourth-order valence-corrected chi connectivity index (χ4v) is 7.80. The fraction of sp³-hybridized carbons (Fsp3) is 0.463. The fourth-order valence-electron chi connectivity index (χ4n) is 6.47. The van der Waals surface area contributed by atoms with Crippen molar-refractivity contribution in [3.05, 3.63) is 104 Å². The summed E-state index contributed by atoms with van der Waals surface area (Å²) in [5.74, 6) is -0.267. The zero-order valence-electron chi connectivity index (χ0n) is 31.9. The van der Waals surface area contributed by atoms with Crippen molar-refractivity contribution in [1.82, 2.24) is 30.4 Å². The SMILES string of the molecule is CC(C)c1nc(CN(C)C(=O)NC(CC(=O)N2CCOCC2)C(=O)CC(CCC(Cc2ccccc2)NC(=O)OCc2cncs2)Cc2ccccc2)cs1. The Morgan fingerprint density at radius 2 is 1.60 bits per heavy atom. The van der Waals surface area contributed by atoms with E-state index >= 15 is 0 Å². The third kappa shape index (κ3) is 13.9. The maximum atomic E-state index is 14.3. The maximum absolute atomic E-state index is 14.3. The van der Waals surface area contributed by atoms with Gasteiger partial charge in [-0.25, -0.2) is 14.6 Å². The lowest BCUT2D eigenvalue weighted by molar-refractivity contribution is -0.137. The molecule has 12 nitrogen and oxygen atoms in total. The largest absolute Gasteiger partial charge is 0.444 e. The van der Waals surface area contributed by atoms with Gasteiger partial charge < -0.3 is 29.9 Å². The molecule has 55 heavy (non-hydrogen) atoms. The first-order valence-electron chi connectivity index (χ1n) is 18.9. The molecule has 3 unspecified atom stereocenters. The Bertz CT molecular complexity index is 1780. The molecule has 4 aromatic rings. The molecular weight excluding hydrogens is 737 g/mol. The minimum Gasteiger partial charge on any atom is -0.444 e. The Morgan fingerprint density at radius 3 is 2.24 bits per heavy atom. The number of aromatic nitrogens is 2. The van der Waals surface area contributed by atoms with Gasteiger partial charge in [0.15, 0.2) is 5.78 Å². The van der Waals surface area contributed by atoms with Crippen LogP contribution in [0.15, 0.2) is 77.8 Å². The van der Waals surface area contributed by atoms with Crippen molar-refractivity contribution in [3.8, 4) is 0 Å². The van der Waals surface area contributed by atoms with Crippen molar-refractivity contribution in [2.75, 3.05) is 33.4 Å². The molecule has 3 heterocycles. The van der Waals surface area contributed by atoms with E-state index < -0.39 is 18.2 Å². The van der Waals surface area contributed by atoms with Crippen LogP contribution >= 0.6 is 22.7 Å². The van der Waals surface area contributed by atoms with E-state index in [2.05, 4.69) is 34.4 Å². The monoisotopic (exact) mass is 788 g/mol. The highest BCUT2D eigenvalue weighted by Gasteiger charge is 2.30. The zero-order chi connectivity index (χ0) is 39.0. The molecule has 0 bridgehead atoms. The van der Waals surface area contributed by atoms with E-state index in [4.69, 9.17) is 9.47 Å². The van der Waals surface area contributed by atoms with E-state index in [1.807, 2.05) is 66.0 Å². The van der Waals surface area contributed by atoms with E-state index in [0.717, 1.165) is 26.7 Å². The van der Waals surface area contributed by atoms with Gasteiger partial charge in [0, 0.05) is 50.1 Å². The summed E-state index contributed by atoms with van der Waals surface area (Å²) >= 11 is 2.98. The second-order valence-corrected chi connectivity index (χ2v) is 16.1. The number of carbonyl (C=O) groups is 4. The Hall–Kier alpha value is -4.66. The van der Waals surface area contributed by atoms with E-state index in [0.29, 0.717) is 52.0 Å². The molecule has 2 aromatic heterocycles. The van der Waals surface area contributed by atoms with E-state index in [-0.39, 0.29) is 55.6 Å². The quantitative estimate of drug-likeness (QED) is 0.108. The second-order valence-electron chi connectivity index (χ2n) is 14.3. The molecule has 1 aliphatic rings. The molecule has 0 spiro atoms. The van der Waals surface area contributed by atoms with Gasteiger partial charge in [-0.05, 0) is 42.7 Å². The van der Waals surface area contributed by atoms with Crippen LogP contribution in [0, 0.1) is 5.92 Å². The third-order valence-corrected chi connectivity index (χ3v) is 11.4. The van der Waals surface area contributed by atoms with Gasteiger partial charge in [0.1, 0.15) is 6.61 Å². The molecule has 0 aliphatic carbocycles. The molecule has 1 saturated heterocycles. The number of morpholine rings is 1. The standard InChI is InChI=1S/C41H52N6O6S2/c1-29(2)39-43-34(27-54-39)25-46(3)40(50)45-36(23-38(49)47-16-18-52-19-17-47)37(48)22-32(20-30-10-6-4-7-11-30)14-15-33(21-31-12-8-5-9-13-31)44-41(51)53-26-35-24-42-28-55-35/h4-13,24,27-29,32-33,36H,14-23,25-26H2,1-3H3,(H,44,51)(H,45,50). The molecule has 2 N–H and O–H groups in total. The van der Waals surface area contributed by atoms with E-state index in [1.54, 1.807) is 35.0 Å². The summed E-state index contributed by atoms with van der Waals surface area (Å²) in [6.07, 6.45) is 3.53. The number of nitrogens with zero attached hydrogens (tertiary/aromatic N) is 4. The highest BCUT2D eigenvalue weighted by molar-refractivity contribution is 7.09. The molecule has 1 aliphatic heterocycles. The number of alkyl carbamates (subject to hydrolysis) is 1. The summed E-state index contributed by atoms with van der Waals surface area (Å²) in [5, 5.41) is 8.91. The maximum Gasteiger partial charge on any atom is 0.407 e. The van der Waals surface area contributed by atoms with Gasteiger partial charge in [-0.15, -0.1) is 22.7 Å². The number of ketones is 1. The van der Waals surface area contributed by atoms with Crippen LogP contribution in [0.5, 0.6) is 0 Å². The lowest BCUT2D eigenvalue weighted by Gasteiger charge is -2.30. The molecule has 294 valence electrons. The van der Waals surface area contributed by atoms with Crippen LogP contribution in [0.1, 0.15) is 72.2 Å². The molecule has 2 aromatic carbocycles. The summed E-state index contributed by atoms with van der Waals surface area (Å²) in [5.41, 5.74) is 4.61. The van der Waals surface area contributed by atoms with Crippen LogP contribution in [0.2, 0.25) is 0 Å². The number of Topliss-reactive ketones (excluding diaryl/α,β-unsaturated/α-hetero) is 1. The first kappa shape index (κ1) is 41.5. The molecule has 5 rings (SSSR count). The highest BCUT2D eigenvalue weighted by Crippen LogP contribution is 2.23. The van der Waals surface area contributed by atoms with Crippen molar-refractivity contribution < 1.29 is 28.7 Å². The molecule has 14 heteroatoms. The Labute approximate surface area is 331 Å². The van der Waals surface area contributed by atoms with Crippen molar-refractivity contribution in [2.45, 2.75) is 83.5 Å². The number of hydrogen-bond acceptors (Lipinski definition) is 10. The van der Waals surface area contributed by atoms with Gasteiger partial charge in [0.25, 0.3) is 0 Å². The second kappa shape index (κ2) is 21.4. The average molecular weight is 789 g/mol. The van der Waals surface area contributed by atoms with Crippen LogP contribution in [0.25, 0.3) is 0 Å². The summed E-state index contributed by atoms with van der Waals surface area (Å²) in [7, 11) is 1.66. The Kier molecular flexibility index (Phi) is 16.2. The van der Waals surface area contributed by atoms with Gasteiger partial charge in [0.05, 0.1) is 53.3 Å². The highest BCUT2D eigenvalue weighted by atomic mass is 32.1. The predicted molar refractivity (Wildman–Crippen MR) is 214 cm³/mol. The topological polar surface area (TPSA) is 143 Å². The molecular formula is C41H52N6O6S2. The van der Waals surface area contributed by atoms with Crippen molar-refractivity contribution in [2.24, 2.45) is 5.92 Å². The van der Waals surface area contributed by atoms with Crippen LogP contribution in [-0.4, -0.2) is 89.0 Å². The summed E-state index contributed by atoms with van der Waals surface area (Å²) in [6, 6.07) is 18.2. The Balaban J connectivity index is 1.30. The van der Waals surface area contributed by atoms with Crippen molar-refractivity contribution in [3.63, 3.8) is 0 Å². The first-order valence-corrected chi connectivity index (χ1v) is 20.6. The minimum atomic E-state index is -1.02. The van der Waals surface area contributed by atoms with E-state index in [1.165, 1.54) is 16.2 Å². The number of hydrogen-bond donors (Lipinski definition) is 2. The van der Waals surface area contributed by atoms with Gasteiger partial charge in [0.2, 0.25) is 5.91 Å². The number of benzene rings is 2. The smallest absolute Gasteiger partial charge is 0.407 e.